The Morgan fingerprint density at radius 1 is 1.23 bits per heavy atom. The quantitative estimate of drug-likeness (QED) is 0.499. The highest BCUT2D eigenvalue weighted by Gasteiger charge is 2.14. The number of aromatic nitrogens is 1. The number of likely N-dealkylation sites (N-methyl/N-ethyl adjacent to an activating group) is 1. The van der Waals surface area contributed by atoms with Gasteiger partial charge in [0.2, 0.25) is 0 Å². The average molecular weight is 420 g/mol. The van der Waals surface area contributed by atoms with Crippen LogP contribution in [-0.2, 0) is 0 Å². The summed E-state index contributed by atoms with van der Waals surface area (Å²) in [7, 11) is 2.06. The second-order valence-electron chi connectivity index (χ2n) is 7.77. The first-order chi connectivity index (χ1) is 14.9. The van der Waals surface area contributed by atoms with E-state index >= 15 is 0 Å². The van der Waals surface area contributed by atoms with Gasteiger partial charge in [0.15, 0.2) is 0 Å². The Kier molecular flexibility index (Phi) is 7.16. The van der Waals surface area contributed by atoms with Crippen molar-refractivity contribution in [1.29, 1.82) is 5.26 Å². The fourth-order valence-electron chi connectivity index (χ4n) is 3.23. The SMILES string of the molecule is CCN(C)CCOc1ccc2c(C#N)c(-c3ccc(NC(=O)NC(C)C)cc3)[nH]c2c1. The highest BCUT2D eigenvalue weighted by atomic mass is 16.5. The summed E-state index contributed by atoms with van der Waals surface area (Å²) in [5.74, 6) is 0.769. The van der Waals surface area contributed by atoms with Crippen LogP contribution in [-0.4, -0.2) is 48.7 Å². The second-order valence-corrected chi connectivity index (χ2v) is 7.77. The fraction of sp³-hybridized carbons (Fsp3) is 0.333. The molecule has 7 nitrogen and oxygen atoms in total. The van der Waals surface area contributed by atoms with Crippen molar-refractivity contribution in [3.05, 3.63) is 48.0 Å². The lowest BCUT2D eigenvalue weighted by Crippen LogP contribution is -2.34. The Morgan fingerprint density at radius 3 is 2.61 bits per heavy atom. The van der Waals surface area contributed by atoms with Crippen LogP contribution in [0, 0.1) is 11.3 Å². The van der Waals surface area contributed by atoms with Crippen LogP contribution in [0.15, 0.2) is 42.5 Å². The lowest BCUT2D eigenvalue weighted by atomic mass is 10.1. The van der Waals surface area contributed by atoms with E-state index in [4.69, 9.17) is 4.74 Å². The second kappa shape index (κ2) is 10.0. The normalized spacial score (nSPS) is 11.0. The van der Waals surface area contributed by atoms with Gasteiger partial charge in [-0.1, -0.05) is 19.1 Å². The number of urea groups is 1. The predicted octanol–water partition coefficient (Wildman–Crippen LogP) is 4.57. The average Bonchev–Trinajstić information content (AvgIpc) is 3.11. The molecule has 0 radical (unpaired) electrons. The number of carbonyl (C=O) groups is 1. The Bertz CT molecular complexity index is 1080. The lowest BCUT2D eigenvalue weighted by molar-refractivity contribution is 0.244. The van der Waals surface area contributed by atoms with Crippen LogP contribution >= 0.6 is 0 Å². The zero-order chi connectivity index (χ0) is 22.4. The minimum atomic E-state index is -0.247. The van der Waals surface area contributed by atoms with Gasteiger partial charge < -0.3 is 25.3 Å². The number of rotatable bonds is 8. The van der Waals surface area contributed by atoms with Crippen LogP contribution in [0.1, 0.15) is 26.3 Å². The topological polar surface area (TPSA) is 93.2 Å². The summed E-state index contributed by atoms with van der Waals surface area (Å²) >= 11 is 0. The number of aromatic amines is 1. The van der Waals surface area contributed by atoms with Crippen molar-refractivity contribution in [3.63, 3.8) is 0 Å². The molecule has 7 heteroatoms. The van der Waals surface area contributed by atoms with E-state index in [1.165, 1.54) is 0 Å². The molecule has 0 fully saturated rings. The first-order valence-corrected chi connectivity index (χ1v) is 10.5. The van der Waals surface area contributed by atoms with Crippen molar-refractivity contribution < 1.29 is 9.53 Å². The molecule has 3 rings (SSSR count). The smallest absolute Gasteiger partial charge is 0.319 e. The Morgan fingerprint density at radius 2 is 1.97 bits per heavy atom. The summed E-state index contributed by atoms with van der Waals surface area (Å²) in [6.45, 7) is 8.35. The highest BCUT2D eigenvalue weighted by molar-refractivity contribution is 5.95. The number of benzene rings is 2. The Labute approximate surface area is 183 Å². The molecular formula is C24H29N5O2. The third-order valence-corrected chi connectivity index (χ3v) is 5.01. The maximum absolute atomic E-state index is 11.9. The van der Waals surface area contributed by atoms with Gasteiger partial charge in [0, 0.05) is 29.7 Å². The minimum Gasteiger partial charge on any atom is -0.492 e. The lowest BCUT2D eigenvalue weighted by Gasteiger charge is -2.14. The summed E-state index contributed by atoms with van der Waals surface area (Å²) in [6, 6.07) is 15.3. The maximum atomic E-state index is 11.9. The van der Waals surface area contributed by atoms with Crippen molar-refractivity contribution in [2.45, 2.75) is 26.8 Å². The summed E-state index contributed by atoms with van der Waals surface area (Å²) in [6.07, 6.45) is 0. The van der Waals surface area contributed by atoms with Crippen molar-refractivity contribution in [2.24, 2.45) is 0 Å². The molecule has 2 amide bonds. The fourth-order valence-corrected chi connectivity index (χ4v) is 3.23. The summed E-state index contributed by atoms with van der Waals surface area (Å²) in [5, 5.41) is 16.2. The summed E-state index contributed by atoms with van der Waals surface area (Å²) in [5.41, 5.74) is 3.74. The monoisotopic (exact) mass is 419 g/mol. The third-order valence-electron chi connectivity index (χ3n) is 5.01. The van der Waals surface area contributed by atoms with E-state index in [2.05, 4.69) is 40.6 Å². The van der Waals surface area contributed by atoms with Gasteiger partial charge in [-0.05, 0) is 57.3 Å². The number of amides is 2. The first-order valence-electron chi connectivity index (χ1n) is 10.5. The molecule has 0 aliphatic carbocycles. The third kappa shape index (κ3) is 5.56. The van der Waals surface area contributed by atoms with E-state index in [1.807, 2.05) is 56.3 Å². The molecule has 0 spiro atoms. The summed E-state index contributed by atoms with van der Waals surface area (Å²) in [4.78, 5) is 17.4. The number of nitrogens with one attached hydrogen (secondary N) is 3. The van der Waals surface area contributed by atoms with E-state index in [1.54, 1.807) is 0 Å². The van der Waals surface area contributed by atoms with E-state index < -0.39 is 0 Å². The molecule has 0 unspecified atom stereocenters. The van der Waals surface area contributed by atoms with Crippen molar-refractivity contribution >= 4 is 22.6 Å². The molecule has 3 N–H and O–H groups in total. The van der Waals surface area contributed by atoms with Crippen LogP contribution in [0.3, 0.4) is 0 Å². The maximum Gasteiger partial charge on any atom is 0.319 e. The predicted molar refractivity (Wildman–Crippen MR) is 124 cm³/mol. The molecule has 0 aliphatic heterocycles. The number of hydrogen-bond donors (Lipinski definition) is 3. The number of H-pyrrole nitrogens is 1. The largest absolute Gasteiger partial charge is 0.492 e. The molecule has 1 heterocycles. The van der Waals surface area contributed by atoms with Crippen molar-refractivity contribution in [3.8, 4) is 23.1 Å². The molecule has 0 bridgehead atoms. The van der Waals surface area contributed by atoms with Crippen molar-refractivity contribution in [2.75, 3.05) is 32.1 Å². The molecule has 31 heavy (non-hydrogen) atoms. The number of anilines is 1. The standard InChI is InChI=1S/C24H29N5O2/c1-5-29(4)12-13-31-19-10-11-20-21(15-25)23(28-22(20)14-19)17-6-8-18(9-7-17)27-24(30)26-16(2)3/h6-11,14,16,28H,5,12-13H2,1-4H3,(H2,26,27,30). The van der Waals surface area contributed by atoms with Gasteiger partial charge >= 0.3 is 6.03 Å². The van der Waals surface area contributed by atoms with Gasteiger partial charge in [0.25, 0.3) is 0 Å². The number of nitriles is 1. The molecule has 1 aromatic heterocycles. The van der Waals surface area contributed by atoms with E-state index in [9.17, 15) is 10.1 Å². The highest BCUT2D eigenvalue weighted by Crippen LogP contribution is 2.32. The first kappa shape index (κ1) is 22.2. The number of carbonyl (C=O) groups excluding carboxylic acids is 1. The van der Waals surface area contributed by atoms with Crippen molar-refractivity contribution in [1.82, 2.24) is 15.2 Å². The van der Waals surface area contributed by atoms with Crippen LogP contribution in [0.25, 0.3) is 22.2 Å². The van der Waals surface area contributed by atoms with Gasteiger partial charge in [0.05, 0.1) is 16.8 Å². The minimum absolute atomic E-state index is 0.0604. The molecule has 3 aromatic rings. The number of hydrogen-bond acceptors (Lipinski definition) is 4. The van der Waals surface area contributed by atoms with Gasteiger partial charge in [-0.3, -0.25) is 0 Å². The zero-order valence-corrected chi connectivity index (χ0v) is 18.5. The zero-order valence-electron chi connectivity index (χ0n) is 18.5. The number of ether oxygens (including phenoxy) is 1. The molecule has 0 aliphatic rings. The van der Waals surface area contributed by atoms with Gasteiger partial charge in [-0.25, -0.2) is 4.79 Å². The molecule has 2 aromatic carbocycles. The Hall–Kier alpha value is -3.50. The van der Waals surface area contributed by atoms with Gasteiger partial charge in [-0.2, -0.15) is 5.26 Å². The van der Waals surface area contributed by atoms with Gasteiger partial charge in [0.1, 0.15) is 18.4 Å². The van der Waals surface area contributed by atoms with E-state index in [0.29, 0.717) is 17.9 Å². The Balaban J connectivity index is 1.80. The molecule has 0 atom stereocenters. The van der Waals surface area contributed by atoms with E-state index in [-0.39, 0.29) is 12.1 Å². The van der Waals surface area contributed by atoms with Crippen LogP contribution in [0.2, 0.25) is 0 Å². The number of nitrogens with zero attached hydrogens (tertiary/aromatic N) is 2. The molecule has 162 valence electrons. The molecule has 0 saturated heterocycles. The van der Waals surface area contributed by atoms with E-state index in [0.717, 1.165) is 41.0 Å². The summed E-state index contributed by atoms with van der Waals surface area (Å²) < 4.78 is 5.86. The van der Waals surface area contributed by atoms with Crippen LogP contribution in [0.5, 0.6) is 5.75 Å². The van der Waals surface area contributed by atoms with Crippen LogP contribution < -0.4 is 15.4 Å². The molecular weight excluding hydrogens is 390 g/mol. The van der Waals surface area contributed by atoms with Gasteiger partial charge in [-0.15, -0.1) is 0 Å². The number of fused-ring (bicyclic) bond motifs is 1. The molecule has 0 saturated carbocycles. The van der Waals surface area contributed by atoms with Crippen LogP contribution in [0.4, 0.5) is 10.5 Å².